The molecule has 0 aromatic rings. The molecule has 1 amide bonds. The molecule has 0 fully saturated rings. The minimum absolute atomic E-state index is 0.733. The van der Waals surface area contributed by atoms with Crippen LogP contribution in [0, 0.1) is 0 Å². The fraction of sp³-hybridized carbons (Fsp3) is 0.750. The van der Waals surface area contributed by atoms with Crippen molar-refractivity contribution in [2.45, 2.75) is 32.4 Å². The topological polar surface area (TPSA) is 75.6 Å². The number of amides is 1. The molecule has 5 nitrogen and oxygen atoms in total. The summed E-state index contributed by atoms with van der Waals surface area (Å²) in [6, 6.07) is -1.55. The van der Waals surface area contributed by atoms with Crippen LogP contribution in [0.15, 0.2) is 0 Å². The van der Waals surface area contributed by atoms with Gasteiger partial charge in [0.2, 0.25) is 0 Å². The molecule has 1 atom stereocenters. The van der Waals surface area contributed by atoms with E-state index in [2.05, 4.69) is 0 Å². The molecule has 0 aliphatic rings. The number of halogens is 1. The predicted octanol–water partition coefficient (Wildman–Crippen LogP) is 0.934. The molecule has 0 spiro atoms. The molecular formula is C8H14FNO4. The maximum absolute atomic E-state index is 12.1. The molecular weight excluding hydrogens is 193 g/mol. The highest BCUT2D eigenvalue weighted by molar-refractivity contribution is 5.80. The monoisotopic (exact) mass is 207 g/mol. The first-order chi connectivity index (χ1) is 6.26. The summed E-state index contributed by atoms with van der Waals surface area (Å²) in [5.41, 5.74) is -0.733. The number of rotatable bonds is 3. The molecule has 6 heteroatoms. The molecule has 0 rings (SSSR count). The average molecular weight is 207 g/mol. The van der Waals surface area contributed by atoms with Gasteiger partial charge < -0.3 is 15.2 Å². The number of carbonyl (C=O) groups excluding carboxylic acids is 1. The smallest absolute Gasteiger partial charge is 0.408 e. The lowest BCUT2D eigenvalue weighted by molar-refractivity contribution is -0.139. The van der Waals surface area contributed by atoms with Gasteiger partial charge in [-0.05, 0) is 20.8 Å². The Morgan fingerprint density at radius 3 is 2.29 bits per heavy atom. The highest BCUT2D eigenvalue weighted by Gasteiger charge is 2.23. The van der Waals surface area contributed by atoms with E-state index >= 15 is 0 Å². The summed E-state index contributed by atoms with van der Waals surface area (Å²) < 4.78 is 16.8. The Labute approximate surface area is 81.2 Å². The standard InChI is InChI=1S/C8H14FNO4/c1-8(2,3)14-7(13)10-5(4-9)6(11)12/h5H,4H2,1-3H3,(H,10,13)(H,11,12)/t5-/m1/s1. The van der Waals surface area contributed by atoms with Crippen molar-refractivity contribution in [1.82, 2.24) is 5.32 Å². The highest BCUT2D eigenvalue weighted by Crippen LogP contribution is 2.06. The van der Waals surface area contributed by atoms with Gasteiger partial charge in [0.25, 0.3) is 0 Å². The van der Waals surface area contributed by atoms with Gasteiger partial charge in [0.1, 0.15) is 12.3 Å². The molecule has 0 radical (unpaired) electrons. The van der Waals surface area contributed by atoms with Crippen LogP contribution >= 0.6 is 0 Å². The molecule has 0 heterocycles. The van der Waals surface area contributed by atoms with Crippen LogP contribution in [0.1, 0.15) is 20.8 Å². The number of carboxylic acids is 1. The molecule has 2 N–H and O–H groups in total. The van der Waals surface area contributed by atoms with Crippen molar-refractivity contribution in [1.29, 1.82) is 0 Å². The van der Waals surface area contributed by atoms with Crippen LogP contribution in [0.2, 0.25) is 0 Å². The zero-order valence-electron chi connectivity index (χ0n) is 8.33. The Hall–Kier alpha value is -1.33. The maximum Gasteiger partial charge on any atom is 0.408 e. The summed E-state index contributed by atoms with van der Waals surface area (Å²) in [5, 5.41) is 10.3. The number of nitrogens with one attached hydrogen (secondary N) is 1. The first-order valence-corrected chi connectivity index (χ1v) is 4.04. The van der Waals surface area contributed by atoms with Gasteiger partial charge in [-0.25, -0.2) is 14.0 Å². The summed E-state index contributed by atoms with van der Waals surface area (Å²) in [6.45, 7) is 3.70. The van der Waals surface area contributed by atoms with E-state index in [1.165, 1.54) is 0 Å². The summed E-state index contributed by atoms with van der Waals surface area (Å²) in [4.78, 5) is 21.3. The van der Waals surface area contributed by atoms with E-state index in [1.54, 1.807) is 20.8 Å². The van der Waals surface area contributed by atoms with Crippen LogP contribution in [-0.4, -0.2) is 35.5 Å². The van der Waals surface area contributed by atoms with Crippen molar-refractivity contribution < 1.29 is 23.8 Å². The lowest BCUT2D eigenvalue weighted by Crippen LogP contribution is -2.44. The van der Waals surface area contributed by atoms with Crippen molar-refractivity contribution in [3.63, 3.8) is 0 Å². The Morgan fingerprint density at radius 2 is 2.00 bits per heavy atom. The maximum atomic E-state index is 12.1. The third-order valence-corrected chi connectivity index (χ3v) is 1.14. The molecule has 0 aromatic carbocycles. The third-order valence-electron chi connectivity index (χ3n) is 1.14. The van der Waals surface area contributed by atoms with Crippen molar-refractivity contribution in [2.24, 2.45) is 0 Å². The summed E-state index contributed by atoms with van der Waals surface area (Å²) in [5.74, 6) is -1.43. The van der Waals surface area contributed by atoms with Crippen LogP contribution < -0.4 is 5.32 Å². The van der Waals surface area contributed by atoms with Crippen LogP contribution in [0.3, 0.4) is 0 Å². The third kappa shape index (κ3) is 5.34. The number of aliphatic carboxylic acids is 1. The van der Waals surface area contributed by atoms with Crippen molar-refractivity contribution in [2.75, 3.05) is 6.67 Å². The number of ether oxygens (including phenoxy) is 1. The van der Waals surface area contributed by atoms with E-state index < -0.39 is 30.4 Å². The van der Waals surface area contributed by atoms with E-state index in [9.17, 15) is 14.0 Å². The van der Waals surface area contributed by atoms with Crippen LogP contribution in [0.5, 0.6) is 0 Å². The van der Waals surface area contributed by atoms with Crippen molar-refractivity contribution in [3.8, 4) is 0 Å². The largest absolute Gasteiger partial charge is 0.480 e. The van der Waals surface area contributed by atoms with Gasteiger partial charge >= 0.3 is 12.1 Å². The molecule has 0 aliphatic heterocycles. The number of carbonyl (C=O) groups is 2. The molecule has 0 aliphatic carbocycles. The van der Waals surface area contributed by atoms with Crippen molar-refractivity contribution in [3.05, 3.63) is 0 Å². The van der Waals surface area contributed by atoms with Gasteiger partial charge in [-0.2, -0.15) is 0 Å². The second kappa shape index (κ2) is 4.78. The van der Waals surface area contributed by atoms with E-state index in [0.29, 0.717) is 0 Å². The van der Waals surface area contributed by atoms with Crippen LogP contribution in [0.4, 0.5) is 9.18 Å². The zero-order chi connectivity index (χ0) is 11.4. The number of carboxylic acid groups (broad SMARTS) is 1. The number of hydrogen-bond acceptors (Lipinski definition) is 3. The molecule has 0 aromatic heterocycles. The average Bonchev–Trinajstić information content (AvgIpc) is 1.96. The SMILES string of the molecule is CC(C)(C)OC(=O)N[C@H](CF)C(=O)O. The summed E-state index contributed by atoms with van der Waals surface area (Å²) >= 11 is 0. The first kappa shape index (κ1) is 12.7. The van der Waals surface area contributed by atoms with Crippen LogP contribution in [-0.2, 0) is 9.53 Å². The van der Waals surface area contributed by atoms with Gasteiger partial charge in [0.05, 0.1) is 0 Å². The quantitative estimate of drug-likeness (QED) is 0.722. The Balaban J connectivity index is 4.11. The number of alkyl halides is 1. The van der Waals surface area contributed by atoms with Gasteiger partial charge in [-0.15, -0.1) is 0 Å². The van der Waals surface area contributed by atoms with Crippen LogP contribution in [0.25, 0.3) is 0 Å². The Bertz CT molecular complexity index is 224. The van der Waals surface area contributed by atoms with Gasteiger partial charge in [0.15, 0.2) is 6.04 Å². The summed E-state index contributed by atoms with van der Waals surface area (Å²) in [6.07, 6.45) is -0.942. The van der Waals surface area contributed by atoms with E-state index in [4.69, 9.17) is 9.84 Å². The lowest BCUT2D eigenvalue weighted by atomic mass is 10.2. The molecule has 14 heavy (non-hydrogen) atoms. The number of hydrogen-bond donors (Lipinski definition) is 2. The highest BCUT2D eigenvalue weighted by atomic mass is 19.1. The predicted molar refractivity (Wildman–Crippen MR) is 46.8 cm³/mol. The van der Waals surface area contributed by atoms with Gasteiger partial charge in [0, 0.05) is 0 Å². The minimum atomic E-state index is -1.55. The second-order valence-electron chi connectivity index (χ2n) is 3.69. The molecule has 0 unspecified atom stereocenters. The molecule has 0 saturated carbocycles. The van der Waals surface area contributed by atoms with Gasteiger partial charge in [-0.1, -0.05) is 0 Å². The lowest BCUT2D eigenvalue weighted by Gasteiger charge is -2.20. The van der Waals surface area contributed by atoms with E-state index in [0.717, 1.165) is 0 Å². The molecule has 0 saturated heterocycles. The van der Waals surface area contributed by atoms with Crippen molar-refractivity contribution >= 4 is 12.1 Å². The molecule has 82 valence electrons. The summed E-state index contributed by atoms with van der Waals surface area (Å²) in [7, 11) is 0. The Morgan fingerprint density at radius 1 is 1.50 bits per heavy atom. The molecule has 0 bridgehead atoms. The minimum Gasteiger partial charge on any atom is -0.480 e. The fourth-order valence-corrected chi connectivity index (χ4v) is 0.616. The number of alkyl carbamates (subject to hydrolysis) is 1. The van der Waals surface area contributed by atoms with E-state index in [1.807, 2.05) is 5.32 Å². The normalized spacial score (nSPS) is 13.1. The van der Waals surface area contributed by atoms with Gasteiger partial charge in [-0.3, -0.25) is 0 Å². The zero-order valence-corrected chi connectivity index (χ0v) is 8.33. The first-order valence-electron chi connectivity index (χ1n) is 4.04. The van der Waals surface area contributed by atoms with E-state index in [-0.39, 0.29) is 0 Å². The fourth-order valence-electron chi connectivity index (χ4n) is 0.616. The second-order valence-corrected chi connectivity index (χ2v) is 3.69. The Kier molecular flexibility index (Phi) is 4.33.